The fourth-order valence-electron chi connectivity index (χ4n) is 2.02. The normalized spacial score (nSPS) is 11.5. The Balaban J connectivity index is 2.92. The number of para-hydroxylation sites is 1. The summed E-state index contributed by atoms with van der Waals surface area (Å²) in [4.78, 5) is 24.0. The molecule has 0 aromatic heterocycles. The van der Waals surface area contributed by atoms with Gasteiger partial charge in [-0.15, -0.1) is 0 Å². The number of benzene rings is 1. The van der Waals surface area contributed by atoms with Crippen LogP contribution < -0.4 is 5.32 Å². The molecule has 0 aliphatic rings. The van der Waals surface area contributed by atoms with Gasteiger partial charge in [0.05, 0.1) is 0 Å². The Labute approximate surface area is 127 Å². The van der Waals surface area contributed by atoms with Crippen molar-refractivity contribution in [2.75, 3.05) is 18.9 Å². The van der Waals surface area contributed by atoms with Gasteiger partial charge in [-0.25, -0.2) is 0 Å². The van der Waals surface area contributed by atoms with E-state index in [1.807, 2.05) is 19.9 Å². The smallest absolute Gasteiger partial charge is 0.328 e. The number of anilines is 1. The van der Waals surface area contributed by atoms with Crippen molar-refractivity contribution in [2.45, 2.75) is 32.9 Å². The van der Waals surface area contributed by atoms with E-state index in [9.17, 15) is 22.8 Å². The highest BCUT2D eigenvalue weighted by molar-refractivity contribution is 6.39. The second kappa shape index (κ2) is 6.81. The molecule has 0 unspecified atom stereocenters. The molecular weight excluding hydrogens is 297 g/mol. The molecule has 0 spiro atoms. The summed E-state index contributed by atoms with van der Waals surface area (Å²) >= 11 is 0. The SMILES string of the molecule is Cc1cccc(C(C)C)c1NC(=O)C(=O)N(C)CC(F)(F)F. The quantitative estimate of drug-likeness (QED) is 0.871. The molecular formula is C15H19F3N2O2. The van der Waals surface area contributed by atoms with Crippen molar-refractivity contribution in [1.29, 1.82) is 0 Å². The molecule has 0 radical (unpaired) electrons. The van der Waals surface area contributed by atoms with E-state index in [1.165, 1.54) is 0 Å². The van der Waals surface area contributed by atoms with Crippen LogP contribution in [0.5, 0.6) is 0 Å². The zero-order chi connectivity index (χ0) is 17.1. The highest BCUT2D eigenvalue weighted by Gasteiger charge is 2.33. The molecule has 1 N–H and O–H groups in total. The fraction of sp³-hybridized carbons (Fsp3) is 0.467. The maximum absolute atomic E-state index is 12.3. The molecule has 122 valence electrons. The molecule has 1 aromatic carbocycles. The summed E-state index contributed by atoms with van der Waals surface area (Å²) in [6.07, 6.45) is -4.55. The Morgan fingerprint density at radius 1 is 1.27 bits per heavy atom. The first-order valence-electron chi connectivity index (χ1n) is 6.75. The van der Waals surface area contributed by atoms with E-state index < -0.39 is 24.5 Å². The zero-order valence-corrected chi connectivity index (χ0v) is 12.9. The molecule has 0 aliphatic heterocycles. The minimum absolute atomic E-state index is 0.0956. The summed E-state index contributed by atoms with van der Waals surface area (Å²) in [7, 11) is 0.941. The molecule has 2 amide bonds. The third-order valence-corrected chi connectivity index (χ3v) is 3.12. The minimum Gasteiger partial charge on any atom is -0.328 e. The molecule has 0 saturated carbocycles. The maximum atomic E-state index is 12.3. The summed E-state index contributed by atoms with van der Waals surface area (Å²) < 4.78 is 36.8. The summed E-state index contributed by atoms with van der Waals surface area (Å²) in [5.74, 6) is -2.21. The van der Waals surface area contributed by atoms with E-state index in [0.717, 1.165) is 18.2 Å². The third-order valence-electron chi connectivity index (χ3n) is 3.12. The second-order valence-electron chi connectivity index (χ2n) is 5.42. The number of aryl methyl sites for hydroxylation is 1. The number of carbonyl (C=O) groups is 2. The van der Waals surface area contributed by atoms with Crippen molar-refractivity contribution < 1.29 is 22.8 Å². The van der Waals surface area contributed by atoms with Gasteiger partial charge in [0.25, 0.3) is 0 Å². The predicted octanol–water partition coefficient (Wildman–Crippen LogP) is 3.08. The zero-order valence-electron chi connectivity index (χ0n) is 12.9. The molecule has 7 heteroatoms. The van der Waals surface area contributed by atoms with E-state index in [-0.39, 0.29) is 5.92 Å². The molecule has 1 aromatic rings. The predicted molar refractivity (Wildman–Crippen MR) is 77.6 cm³/mol. The van der Waals surface area contributed by atoms with Gasteiger partial charge in [0.15, 0.2) is 0 Å². The van der Waals surface area contributed by atoms with Gasteiger partial charge in [-0.3, -0.25) is 9.59 Å². The van der Waals surface area contributed by atoms with Crippen LogP contribution in [0.3, 0.4) is 0 Å². The van der Waals surface area contributed by atoms with Crippen molar-refractivity contribution in [3.8, 4) is 0 Å². The van der Waals surface area contributed by atoms with Crippen LogP contribution in [-0.2, 0) is 9.59 Å². The lowest BCUT2D eigenvalue weighted by Gasteiger charge is -2.20. The average Bonchev–Trinajstić information content (AvgIpc) is 2.37. The van der Waals surface area contributed by atoms with Gasteiger partial charge in [0, 0.05) is 12.7 Å². The second-order valence-corrected chi connectivity index (χ2v) is 5.42. The molecule has 0 bridgehead atoms. The van der Waals surface area contributed by atoms with Crippen molar-refractivity contribution in [3.05, 3.63) is 29.3 Å². The highest BCUT2D eigenvalue weighted by atomic mass is 19.4. The topological polar surface area (TPSA) is 49.4 Å². The summed E-state index contributed by atoms with van der Waals surface area (Å²) in [5.41, 5.74) is 2.03. The number of rotatable bonds is 3. The fourth-order valence-corrected chi connectivity index (χ4v) is 2.02. The third kappa shape index (κ3) is 4.75. The van der Waals surface area contributed by atoms with Gasteiger partial charge in [-0.2, -0.15) is 13.2 Å². The van der Waals surface area contributed by atoms with Gasteiger partial charge in [-0.05, 0) is 24.0 Å². The molecule has 22 heavy (non-hydrogen) atoms. The Hall–Kier alpha value is -2.05. The van der Waals surface area contributed by atoms with Crippen LogP contribution in [0.15, 0.2) is 18.2 Å². The first-order valence-corrected chi connectivity index (χ1v) is 6.75. The first kappa shape index (κ1) is 18.0. The number of halogens is 3. The molecule has 1 rings (SSSR count). The summed E-state index contributed by atoms with van der Waals surface area (Å²) in [6, 6.07) is 5.38. The number of amides is 2. The van der Waals surface area contributed by atoms with Gasteiger partial charge in [-0.1, -0.05) is 32.0 Å². The maximum Gasteiger partial charge on any atom is 0.406 e. The lowest BCUT2D eigenvalue weighted by Crippen LogP contribution is -2.42. The number of nitrogens with zero attached hydrogens (tertiary/aromatic N) is 1. The molecule has 4 nitrogen and oxygen atoms in total. The molecule has 0 saturated heterocycles. The minimum atomic E-state index is -4.55. The van der Waals surface area contributed by atoms with Gasteiger partial charge < -0.3 is 10.2 Å². The Morgan fingerprint density at radius 2 is 1.86 bits per heavy atom. The van der Waals surface area contributed by atoms with Crippen molar-refractivity contribution in [1.82, 2.24) is 4.90 Å². The van der Waals surface area contributed by atoms with Crippen LogP contribution in [0.2, 0.25) is 0 Å². The van der Waals surface area contributed by atoms with Gasteiger partial charge in [0.1, 0.15) is 6.54 Å². The Morgan fingerprint density at radius 3 is 2.36 bits per heavy atom. The van der Waals surface area contributed by atoms with Crippen molar-refractivity contribution >= 4 is 17.5 Å². The molecule has 0 heterocycles. The number of nitrogens with one attached hydrogen (secondary N) is 1. The molecule has 0 aliphatic carbocycles. The van der Waals surface area contributed by atoms with Gasteiger partial charge >= 0.3 is 18.0 Å². The van der Waals surface area contributed by atoms with Crippen LogP contribution in [0, 0.1) is 6.92 Å². The largest absolute Gasteiger partial charge is 0.406 e. The van der Waals surface area contributed by atoms with Gasteiger partial charge in [0.2, 0.25) is 0 Å². The highest BCUT2D eigenvalue weighted by Crippen LogP contribution is 2.27. The van der Waals surface area contributed by atoms with Crippen LogP contribution in [-0.4, -0.2) is 36.5 Å². The molecule has 0 atom stereocenters. The lowest BCUT2D eigenvalue weighted by molar-refractivity contribution is -0.161. The monoisotopic (exact) mass is 316 g/mol. The van der Waals surface area contributed by atoms with Crippen LogP contribution in [0.25, 0.3) is 0 Å². The van der Waals surface area contributed by atoms with Crippen LogP contribution >= 0.6 is 0 Å². The van der Waals surface area contributed by atoms with E-state index in [0.29, 0.717) is 10.6 Å². The van der Waals surface area contributed by atoms with E-state index >= 15 is 0 Å². The summed E-state index contributed by atoms with van der Waals surface area (Å²) in [5, 5.41) is 2.43. The van der Waals surface area contributed by atoms with E-state index in [1.54, 1.807) is 19.1 Å². The van der Waals surface area contributed by atoms with Crippen molar-refractivity contribution in [3.63, 3.8) is 0 Å². The lowest BCUT2D eigenvalue weighted by atomic mass is 9.98. The number of hydrogen-bond donors (Lipinski definition) is 1. The Kier molecular flexibility index (Phi) is 5.57. The van der Waals surface area contributed by atoms with Crippen molar-refractivity contribution in [2.24, 2.45) is 0 Å². The first-order chi connectivity index (χ1) is 10.0. The molecule has 0 fully saturated rings. The number of carbonyl (C=O) groups excluding carboxylic acids is 2. The number of likely N-dealkylation sites (N-methyl/N-ethyl adjacent to an activating group) is 1. The number of hydrogen-bond acceptors (Lipinski definition) is 2. The standard InChI is InChI=1S/C15H19F3N2O2/c1-9(2)11-7-5-6-10(3)12(11)19-13(21)14(22)20(4)8-15(16,17)18/h5-7,9H,8H2,1-4H3,(H,19,21). The number of alkyl halides is 3. The Bertz CT molecular complexity index is 568. The van der Waals surface area contributed by atoms with E-state index in [2.05, 4.69) is 5.32 Å². The summed E-state index contributed by atoms with van der Waals surface area (Å²) in [6.45, 7) is 4.12. The van der Waals surface area contributed by atoms with Crippen LogP contribution in [0.4, 0.5) is 18.9 Å². The van der Waals surface area contributed by atoms with Crippen LogP contribution in [0.1, 0.15) is 30.9 Å². The van der Waals surface area contributed by atoms with E-state index in [4.69, 9.17) is 0 Å². The average molecular weight is 316 g/mol.